The predicted molar refractivity (Wildman–Crippen MR) is 99.7 cm³/mol. The van der Waals surface area contributed by atoms with Crippen molar-refractivity contribution in [3.63, 3.8) is 0 Å². The Hall–Kier alpha value is -2.87. The lowest BCUT2D eigenvalue weighted by Crippen LogP contribution is -2.21. The summed E-state index contributed by atoms with van der Waals surface area (Å²) in [6.45, 7) is 2.25. The molecule has 1 radical (unpaired) electrons. The van der Waals surface area contributed by atoms with Crippen LogP contribution in [0.15, 0.2) is 96.0 Å². The fourth-order valence-corrected chi connectivity index (χ4v) is 2.54. The molecule has 119 valence electrons. The van der Waals surface area contributed by atoms with Gasteiger partial charge in [0.15, 0.2) is 6.34 Å². The van der Waals surface area contributed by atoms with Crippen LogP contribution in [-0.4, -0.2) is 11.2 Å². The van der Waals surface area contributed by atoms with Crippen molar-refractivity contribution in [3.8, 4) is 0 Å². The van der Waals surface area contributed by atoms with Crippen molar-refractivity contribution in [1.29, 1.82) is 0 Å². The van der Waals surface area contributed by atoms with Crippen molar-refractivity contribution >= 4 is 6.34 Å². The highest BCUT2D eigenvalue weighted by atomic mass is 15.1. The summed E-state index contributed by atoms with van der Waals surface area (Å²) in [7, 11) is 0. The van der Waals surface area contributed by atoms with E-state index in [0.29, 0.717) is 6.54 Å². The SMILES string of the molecule is [C](=N\Cc1ccccc1)/N(Cc1ccccc1)Cc1ccccc1. The zero-order chi connectivity index (χ0) is 16.5. The van der Waals surface area contributed by atoms with Gasteiger partial charge in [-0.3, -0.25) is 4.99 Å². The van der Waals surface area contributed by atoms with Crippen molar-refractivity contribution in [1.82, 2.24) is 4.90 Å². The topological polar surface area (TPSA) is 15.6 Å². The lowest BCUT2D eigenvalue weighted by molar-refractivity contribution is 0.417. The first-order valence-corrected chi connectivity index (χ1v) is 8.19. The van der Waals surface area contributed by atoms with E-state index in [4.69, 9.17) is 0 Å². The smallest absolute Gasteiger partial charge is 0.167 e. The van der Waals surface area contributed by atoms with E-state index in [0.717, 1.165) is 13.1 Å². The third kappa shape index (κ3) is 5.10. The van der Waals surface area contributed by atoms with Crippen LogP contribution in [0.5, 0.6) is 0 Å². The molecule has 2 nitrogen and oxygen atoms in total. The number of nitrogens with zero attached hydrogens (tertiary/aromatic N) is 2. The van der Waals surface area contributed by atoms with Gasteiger partial charge in [0.2, 0.25) is 0 Å². The highest BCUT2D eigenvalue weighted by Crippen LogP contribution is 2.09. The van der Waals surface area contributed by atoms with Crippen molar-refractivity contribution in [2.24, 2.45) is 4.99 Å². The summed E-state index contributed by atoms with van der Waals surface area (Å²) in [5, 5.41) is 0. The van der Waals surface area contributed by atoms with Crippen LogP contribution in [-0.2, 0) is 19.6 Å². The normalized spacial score (nSPS) is 10.8. The minimum atomic E-state index is 0.654. The van der Waals surface area contributed by atoms with Crippen LogP contribution in [0.25, 0.3) is 0 Å². The maximum absolute atomic E-state index is 4.51. The molecule has 0 amide bonds. The Bertz CT molecular complexity index is 695. The fraction of sp³-hybridized carbons (Fsp3) is 0.136. The molecule has 3 aromatic rings. The minimum Gasteiger partial charge on any atom is -0.345 e. The lowest BCUT2D eigenvalue weighted by atomic mass is 10.2. The van der Waals surface area contributed by atoms with Crippen LogP contribution >= 0.6 is 0 Å². The Balaban J connectivity index is 1.69. The maximum atomic E-state index is 4.51. The van der Waals surface area contributed by atoms with E-state index in [1.807, 2.05) is 30.3 Å². The third-order valence-corrected chi connectivity index (χ3v) is 3.75. The molecule has 0 spiro atoms. The average Bonchev–Trinajstić information content (AvgIpc) is 2.64. The molecule has 24 heavy (non-hydrogen) atoms. The summed E-state index contributed by atoms with van der Waals surface area (Å²) < 4.78 is 0. The van der Waals surface area contributed by atoms with Gasteiger partial charge in [-0.25, -0.2) is 0 Å². The van der Waals surface area contributed by atoms with Gasteiger partial charge in [0.05, 0.1) is 6.54 Å². The standard InChI is InChI=1S/C22H21N2/c1-4-10-20(11-5-1)16-23-19-24(17-21-12-6-2-7-13-21)18-22-14-8-3-9-15-22/h1-15H,16-18H2. The van der Waals surface area contributed by atoms with E-state index < -0.39 is 0 Å². The number of rotatable bonds is 7. The largest absolute Gasteiger partial charge is 0.345 e. The second-order valence-corrected chi connectivity index (χ2v) is 5.73. The summed E-state index contributed by atoms with van der Waals surface area (Å²) >= 11 is 0. The lowest BCUT2D eigenvalue weighted by Gasteiger charge is -2.19. The van der Waals surface area contributed by atoms with Gasteiger partial charge in [-0.1, -0.05) is 91.0 Å². The van der Waals surface area contributed by atoms with Gasteiger partial charge in [-0.2, -0.15) is 0 Å². The molecule has 0 fully saturated rings. The van der Waals surface area contributed by atoms with Crippen LogP contribution < -0.4 is 0 Å². The number of benzene rings is 3. The van der Waals surface area contributed by atoms with Gasteiger partial charge >= 0.3 is 0 Å². The van der Waals surface area contributed by atoms with Crippen LogP contribution in [0.3, 0.4) is 0 Å². The van der Waals surface area contributed by atoms with E-state index >= 15 is 0 Å². The molecular weight excluding hydrogens is 292 g/mol. The summed E-state index contributed by atoms with van der Waals surface area (Å²) in [5.41, 5.74) is 3.72. The summed E-state index contributed by atoms with van der Waals surface area (Å²) in [4.78, 5) is 6.64. The van der Waals surface area contributed by atoms with E-state index in [2.05, 4.69) is 76.9 Å². The number of hydrogen-bond donors (Lipinski definition) is 0. The molecule has 0 aliphatic rings. The average molecular weight is 313 g/mol. The molecule has 0 aromatic heterocycles. The van der Waals surface area contributed by atoms with Crippen molar-refractivity contribution in [2.45, 2.75) is 19.6 Å². The van der Waals surface area contributed by atoms with E-state index in [-0.39, 0.29) is 0 Å². The number of aliphatic imine (C=N–C) groups is 1. The van der Waals surface area contributed by atoms with Crippen molar-refractivity contribution < 1.29 is 0 Å². The third-order valence-electron chi connectivity index (χ3n) is 3.75. The van der Waals surface area contributed by atoms with E-state index in [1.54, 1.807) is 0 Å². The zero-order valence-corrected chi connectivity index (χ0v) is 13.7. The Labute approximate surface area is 144 Å². The minimum absolute atomic E-state index is 0.654. The molecule has 0 atom stereocenters. The molecule has 0 aliphatic heterocycles. The van der Waals surface area contributed by atoms with Crippen molar-refractivity contribution in [3.05, 3.63) is 108 Å². The molecule has 2 heteroatoms. The summed E-state index contributed by atoms with van der Waals surface area (Å²) in [6.07, 6.45) is 3.22. The molecule has 3 rings (SSSR count). The quantitative estimate of drug-likeness (QED) is 0.348. The summed E-state index contributed by atoms with van der Waals surface area (Å²) in [5.74, 6) is 0. The molecule has 0 heterocycles. The number of hydrogen-bond acceptors (Lipinski definition) is 1. The highest BCUT2D eigenvalue weighted by molar-refractivity contribution is 5.55. The van der Waals surface area contributed by atoms with Crippen LogP contribution in [0.2, 0.25) is 0 Å². The van der Waals surface area contributed by atoms with Gasteiger partial charge in [0.25, 0.3) is 0 Å². The summed E-state index contributed by atoms with van der Waals surface area (Å²) in [6, 6.07) is 31.2. The molecule has 0 unspecified atom stereocenters. The molecule has 0 aliphatic carbocycles. The first-order chi connectivity index (χ1) is 11.9. The monoisotopic (exact) mass is 313 g/mol. The Morgan fingerprint density at radius 3 is 1.46 bits per heavy atom. The molecule has 3 aromatic carbocycles. The van der Waals surface area contributed by atoms with Crippen LogP contribution in [0.4, 0.5) is 0 Å². The second kappa shape index (κ2) is 8.68. The van der Waals surface area contributed by atoms with Crippen LogP contribution in [0.1, 0.15) is 16.7 Å². The molecule has 0 N–H and O–H groups in total. The molecule has 0 saturated heterocycles. The Morgan fingerprint density at radius 2 is 1.00 bits per heavy atom. The maximum Gasteiger partial charge on any atom is 0.167 e. The van der Waals surface area contributed by atoms with Gasteiger partial charge in [-0.15, -0.1) is 0 Å². The van der Waals surface area contributed by atoms with Gasteiger partial charge in [0, 0.05) is 13.1 Å². The predicted octanol–water partition coefficient (Wildman–Crippen LogP) is 4.79. The van der Waals surface area contributed by atoms with Crippen molar-refractivity contribution in [2.75, 3.05) is 0 Å². The fourth-order valence-electron chi connectivity index (χ4n) is 2.54. The zero-order valence-electron chi connectivity index (χ0n) is 13.7. The molecular formula is C22H21N2. The van der Waals surface area contributed by atoms with Crippen LogP contribution in [0, 0.1) is 0 Å². The second-order valence-electron chi connectivity index (χ2n) is 5.73. The molecule has 0 bridgehead atoms. The first kappa shape index (κ1) is 16.0. The van der Waals surface area contributed by atoms with E-state index in [9.17, 15) is 0 Å². The van der Waals surface area contributed by atoms with Gasteiger partial charge < -0.3 is 4.90 Å². The highest BCUT2D eigenvalue weighted by Gasteiger charge is 2.04. The van der Waals surface area contributed by atoms with Gasteiger partial charge in [0.1, 0.15) is 0 Å². The molecule has 0 saturated carbocycles. The van der Waals surface area contributed by atoms with Gasteiger partial charge in [-0.05, 0) is 16.7 Å². The van der Waals surface area contributed by atoms with E-state index in [1.165, 1.54) is 16.7 Å². The Morgan fingerprint density at radius 1 is 0.583 bits per heavy atom. The Kier molecular flexibility index (Phi) is 5.79. The first-order valence-electron chi connectivity index (χ1n) is 8.19.